The maximum atomic E-state index is 12.3. The molecule has 0 aliphatic rings. The van der Waals surface area contributed by atoms with E-state index in [1.165, 1.54) is 11.9 Å². The predicted octanol–water partition coefficient (Wildman–Crippen LogP) is 2.18. The van der Waals surface area contributed by atoms with Crippen LogP contribution >= 0.6 is 0 Å². The molecule has 0 heterocycles. The number of carboxylic acid groups (broad SMARTS) is 1. The molecule has 0 aromatic heterocycles. The lowest BCUT2D eigenvalue weighted by Gasteiger charge is -2.18. The summed E-state index contributed by atoms with van der Waals surface area (Å²) in [6, 6.07) is 10.9. The number of fused-ring (bicyclic) bond motifs is 1. The number of carboxylic acids is 1. The third kappa shape index (κ3) is 6.45. The fourth-order valence-electron chi connectivity index (χ4n) is 3.06. The van der Waals surface area contributed by atoms with Crippen LogP contribution in [-0.2, 0) is 19.1 Å². The number of amides is 1. The van der Waals surface area contributed by atoms with Gasteiger partial charge in [-0.05, 0) is 34.9 Å². The van der Waals surface area contributed by atoms with Gasteiger partial charge in [-0.3, -0.25) is 14.4 Å². The molecule has 1 atom stereocenters. The largest absolute Gasteiger partial charge is 0.497 e. The monoisotopic (exact) mass is 417 g/mol. The van der Waals surface area contributed by atoms with E-state index in [1.807, 2.05) is 18.2 Å². The molecule has 0 spiro atoms. The van der Waals surface area contributed by atoms with Crippen LogP contribution in [0.15, 0.2) is 36.4 Å². The van der Waals surface area contributed by atoms with Crippen LogP contribution in [0.1, 0.15) is 30.7 Å². The fraction of sp³-hybridized carbons (Fsp3) is 0.409. The van der Waals surface area contributed by atoms with Crippen LogP contribution in [0.4, 0.5) is 0 Å². The molecule has 2 rings (SSSR count). The molecule has 2 aromatic rings. The van der Waals surface area contributed by atoms with Gasteiger partial charge in [0, 0.05) is 26.5 Å². The van der Waals surface area contributed by atoms with Gasteiger partial charge in [0.25, 0.3) is 0 Å². The van der Waals surface area contributed by atoms with Crippen molar-refractivity contribution in [1.82, 2.24) is 4.90 Å². The minimum absolute atomic E-state index is 0.0158. The highest BCUT2D eigenvalue weighted by molar-refractivity contribution is 5.87. The second kappa shape index (κ2) is 11.2. The molecular weight excluding hydrogens is 390 g/mol. The van der Waals surface area contributed by atoms with Crippen LogP contribution < -0.4 is 4.74 Å². The number of aliphatic hydroxyl groups is 1. The zero-order valence-electron chi connectivity index (χ0n) is 17.2. The maximum absolute atomic E-state index is 12.3. The molecule has 0 unspecified atom stereocenters. The molecule has 0 saturated carbocycles. The topological polar surface area (TPSA) is 113 Å². The van der Waals surface area contributed by atoms with Crippen molar-refractivity contribution in [3.8, 4) is 5.75 Å². The Kier molecular flexibility index (Phi) is 8.61. The summed E-state index contributed by atoms with van der Waals surface area (Å²) in [6.45, 7) is -0.215. The number of benzene rings is 2. The second-order valence-electron chi connectivity index (χ2n) is 6.95. The van der Waals surface area contributed by atoms with E-state index in [1.54, 1.807) is 25.3 Å². The van der Waals surface area contributed by atoms with Crippen LogP contribution in [0.5, 0.6) is 5.75 Å². The first kappa shape index (κ1) is 23.2. The van der Waals surface area contributed by atoms with Gasteiger partial charge in [-0.25, -0.2) is 0 Å². The van der Waals surface area contributed by atoms with E-state index < -0.39 is 17.9 Å². The number of likely N-dealkylation sites (N-methyl/N-ethyl adjacent to an activating group) is 1. The SMILES string of the molecule is COc1ccc2cc([C@H](CCC(=O)N(C)CC(=O)OCCCO)C(=O)O)ccc2c1. The average Bonchev–Trinajstić information content (AvgIpc) is 2.73. The highest BCUT2D eigenvalue weighted by Gasteiger charge is 2.23. The zero-order valence-corrected chi connectivity index (χ0v) is 17.2. The van der Waals surface area contributed by atoms with Crippen LogP contribution in [0.3, 0.4) is 0 Å². The molecule has 2 aromatic carbocycles. The first-order valence-electron chi connectivity index (χ1n) is 9.66. The third-order valence-corrected chi connectivity index (χ3v) is 4.78. The van der Waals surface area contributed by atoms with Crippen molar-refractivity contribution in [1.29, 1.82) is 0 Å². The number of hydrogen-bond acceptors (Lipinski definition) is 6. The minimum atomic E-state index is -1.01. The number of nitrogens with zero attached hydrogens (tertiary/aromatic N) is 1. The number of carbonyl (C=O) groups is 3. The van der Waals surface area contributed by atoms with E-state index in [0.29, 0.717) is 17.7 Å². The molecular formula is C22H27NO7. The Bertz CT molecular complexity index is 896. The highest BCUT2D eigenvalue weighted by atomic mass is 16.5. The van der Waals surface area contributed by atoms with Gasteiger partial charge in [0.05, 0.1) is 19.6 Å². The number of esters is 1. The number of aliphatic carboxylic acids is 1. The summed E-state index contributed by atoms with van der Waals surface area (Å²) < 4.78 is 10.1. The minimum Gasteiger partial charge on any atom is -0.497 e. The predicted molar refractivity (Wildman–Crippen MR) is 110 cm³/mol. The lowest BCUT2D eigenvalue weighted by Crippen LogP contribution is -2.33. The van der Waals surface area contributed by atoms with Crippen molar-refractivity contribution in [2.45, 2.75) is 25.2 Å². The second-order valence-corrected chi connectivity index (χ2v) is 6.95. The van der Waals surface area contributed by atoms with E-state index in [9.17, 15) is 19.5 Å². The van der Waals surface area contributed by atoms with Gasteiger partial charge in [0.1, 0.15) is 12.3 Å². The molecule has 0 aliphatic carbocycles. The van der Waals surface area contributed by atoms with Gasteiger partial charge in [-0.15, -0.1) is 0 Å². The molecule has 0 bridgehead atoms. The first-order chi connectivity index (χ1) is 14.3. The molecule has 1 amide bonds. The summed E-state index contributed by atoms with van der Waals surface area (Å²) in [6.07, 6.45) is 0.431. The lowest BCUT2D eigenvalue weighted by atomic mass is 9.92. The summed E-state index contributed by atoms with van der Waals surface area (Å²) >= 11 is 0. The molecule has 0 fully saturated rings. The molecule has 162 valence electrons. The average molecular weight is 417 g/mol. The molecule has 30 heavy (non-hydrogen) atoms. The van der Waals surface area contributed by atoms with Gasteiger partial charge in [0.15, 0.2) is 0 Å². The number of methoxy groups -OCH3 is 1. The molecule has 0 aliphatic heterocycles. The molecule has 8 nitrogen and oxygen atoms in total. The zero-order chi connectivity index (χ0) is 22.1. The molecule has 8 heteroatoms. The number of carbonyl (C=O) groups excluding carboxylic acids is 2. The van der Waals surface area contributed by atoms with Gasteiger partial charge in [-0.2, -0.15) is 0 Å². The Labute approximate surface area is 175 Å². The Morgan fingerprint density at radius 1 is 1.10 bits per heavy atom. The van der Waals surface area contributed by atoms with Crippen LogP contribution in [0.2, 0.25) is 0 Å². The summed E-state index contributed by atoms with van der Waals surface area (Å²) in [4.78, 5) is 37.0. The van der Waals surface area contributed by atoms with Crippen LogP contribution in [-0.4, -0.2) is 66.9 Å². The van der Waals surface area contributed by atoms with Crippen molar-refractivity contribution in [2.75, 3.05) is 33.9 Å². The van der Waals surface area contributed by atoms with Gasteiger partial charge in [0.2, 0.25) is 5.91 Å². The van der Waals surface area contributed by atoms with E-state index in [4.69, 9.17) is 14.6 Å². The van der Waals surface area contributed by atoms with E-state index in [0.717, 1.165) is 10.8 Å². The normalized spacial score (nSPS) is 11.7. The summed E-state index contributed by atoms with van der Waals surface area (Å²) in [7, 11) is 3.05. The van der Waals surface area contributed by atoms with Crippen molar-refractivity contribution in [2.24, 2.45) is 0 Å². The van der Waals surface area contributed by atoms with Crippen LogP contribution in [0, 0.1) is 0 Å². The van der Waals surface area contributed by atoms with E-state index >= 15 is 0 Å². The lowest BCUT2D eigenvalue weighted by molar-refractivity contribution is -0.149. The first-order valence-corrected chi connectivity index (χ1v) is 9.66. The Balaban J connectivity index is 2.00. The maximum Gasteiger partial charge on any atom is 0.325 e. The van der Waals surface area contributed by atoms with Gasteiger partial charge in [-0.1, -0.05) is 24.3 Å². The molecule has 2 N–H and O–H groups in total. The molecule has 0 radical (unpaired) electrons. The fourth-order valence-corrected chi connectivity index (χ4v) is 3.06. The standard InChI is InChI=1S/C22H27NO7/c1-23(14-21(26)30-11-3-10-24)20(25)9-8-19(22(27)28)17-5-4-16-13-18(29-2)7-6-15(16)12-17/h4-7,12-13,19,24H,3,8-11,14H2,1-2H3,(H,27,28)/t19-/m0/s1. The van der Waals surface area contributed by atoms with Crippen molar-refractivity contribution < 1.29 is 34.1 Å². The number of ether oxygens (including phenoxy) is 2. The number of aliphatic hydroxyl groups excluding tert-OH is 1. The van der Waals surface area contributed by atoms with Crippen molar-refractivity contribution in [3.63, 3.8) is 0 Å². The van der Waals surface area contributed by atoms with Gasteiger partial charge >= 0.3 is 11.9 Å². The van der Waals surface area contributed by atoms with Crippen molar-refractivity contribution >= 4 is 28.6 Å². The Morgan fingerprint density at radius 2 is 1.80 bits per heavy atom. The number of hydrogen-bond donors (Lipinski definition) is 2. The quantitative estimate of drug-likeness (QED) is 0.425. The third-order valence-electron chi connectivity index (χ3n) is 4.78. The number of rotatable bonds is 11. The smallest absolute Gasteiger partial charge is 0.325 e. The Morgan fingerprint density at radius 3 is 2.47 bits per heavy atom. The summed E-state index contributed by atoms with van der Waals surface area (Å²) in [5.74, 6) is -2.05. The van der Waals surface area contributed by atoms with Gasteiger partial charge < -0.3 is 24.6 Å². The van der Waals surface area contributed by atoms with E-state index in [-0.39, 0.29) is 38.5 Å². The highest BCUT2D eigenvalue weighted by Crippen LogP contribution is 2.28. The van der Waals surface area contributed by atoms with Crippen LogP contribution in [0.25, 0.3) is 10.8 Å². The summed E-state index contributed by atoms with van der Waals surface area (Å²) in [5, 5.41) is 20.2. The Hall–Kier alpha value is -3.13. The van der Waals surface area contributed by atoms with E-state index in [2.05, 4.69) is 0 Å². The molecule has 0 saturated heterocycles. The van der Waals surface area contributed by atoms with Crippen molar-refractivity contribution in [3.05, 3.63) is 42.0 Å². The summed E-state index contributed by atoms with van der Waals surface area (Å²) in [5.41, 5.74) is 0.610.